The van der Waals surface area contributed by atoms with E-state index < -0.39 is 14.1 Å². The molecule has 1 saturated carbocycles. The molecular formula is C23H46O5Si. The maximum absolute atomic E-state index is 6.80. The van der Waals surface area contributed by atoms with Crippen molar-refractivity contribution in [2.45, 2.75) is 91.3 Å². The van der Waals surface area contributed by atoms with Crippen LogP contribution in [0.4, 0.5) is 0 Å². The van der Waals surface area contributed by atoms with Crippen LogP contribution in [0, 0.1) is 23.2 Å². The van der Waals surface area contributed by atoms with Crippen molar-refractivity contribution < 1.29 is 23.4 Å². The second-order valence-corrected chi connectivity index (χ2v) is 16.3. The van der Waals surface area contributed by atoms with Crippen molar-refractivity contribution in [3.8, 4) is 0 Å². The van der Waals surface area contributed by atoms with Gasteiger partial charge in [0.25, 0.3) is 0 Å². The highest BCUT2D eigenvalue weighted by atomic mass is 28.4. The number of methoxy groups -OCH3 is 1. The minimum absolute atomic E-state index is 0.0172. The number of hydrogen-bond donors (Lipinski definition) is 0. The van der Waals surface area contributed by atoms with Crippen LogP contribution in [0.2, 0.25) is 18.1 Å². The third-order valence-electron chi connectivity index (χ3n) is 7.88. The fraction of sp³-hybridized carbons (Fsp3) is 1.00. The summed E-state index contributed by atoms with van der Waals surface area (Å²) in [6.07, 6.45) is 2.40. The van der Waals surface area contributed by atoms with Crippen LogP contribution >= 0.6 is 0 Å². The Morgan fingerprint density at radius 2 is 1.76 bits per heavy atom. The van der Waals surface area contributed by atoms with Crippen LogP contribution in [-0.4, -0.2) is 53.9 Å². The predicted molar refractivity (Wildman–Crippen MR) is 119 cm³/mol. The molecule has 2 rings (SSSR count). The highest BCUT2D eigenvalue weighted by Crippen LogP contribution is 2.53. The van der Waals surface area contributed by atoms with Gasteiger partial charge in [-0.1, -0.05) is 34.6 Å². The highest BCUT2D eigenvalue weighted by Gasteiger charge is 2.54. The van der Waals surface area contributed by atoms with Crippen molar-refractivity contribution in [3.63, 3.8) is 0 Å². The molecule has 0 N–H and O–H groups in total. The number of rotatable bonds is 8. The van der Waals surface area contributed by atoms with Gasteiger partial charge in [-0.3, -0.25) is 0 Å². The molecular weight excluding hydrogens is 384 g/mol. The van der Waals surface area contributed by atoms with E-state index in [-0.39, 0.29) is 16.6 Å². The molecule has 172 valence electrons. The Labute approximate surface area is 180 Å². The van der Waals surface area contributed by atoms with Gasteiger partial charge in [0.05, 0.1) is 19.3 Å². The Balaban J connectivity index is 2.28. The molecule has 0 unspecified atom stereocenters. The van der Waals surface area contributed by atoms with Crippen molar-refractivity contribution in [1.29, 1.82) is 0 Å². The first kappa shape index (κ1) is 25.3. The zero-order valence-corrected chi connectivity index (χ0v) is 21.6. The third-order valence-corrected chi connectivity index (χ3v) is 12.4. The lowest BCUT2D eigenvalue weighted by molar-refractivity contribution is -0.175. The van der Waals surface area contributed by atoms with Crippen LogP contribution in [0.5, 0.6) is 0 Å². The molecule has 0 amide bonds. The topological polar surface area (TPSA) is 46.2 Å². The van der Waals surface area contributed by atoms with E-state index in [2.05, 4.69) is 47.7 Å². The summed E-state index contributed by atoms with van der Waals surface area (Å²) in [6, 6.07) is 0. The van der Waals surface area contributed by atoms with E-state index in [4.69, 9.17) is 23.4 Å². The molecule has 1 saturated heterocycles. The standard InChI is InChI=1S/C23H46O5Si/c1-17-11-12-18(13-25-16-24-8)20(19-14-26-22(5,6)28-19)23(17,7)15-27-29(9,10)21(2,3)4/h17-20H,11-16H2,1-10H3/t17-,18+,19+,20-,23+/m1/s1. The van der Waals surface area contributed by atoms with Crippen LogP contribution in [0.1, 0.15) is 61.3 Å². The predicted octanol–water partition coefficient (Wildman–Crippen LogP) is 5.45. The zero-order valence-electron chi connectivity index (χ0n) is 20.6. The molecule has 0 bridgehead atoms. The Kier molecular flexibility index (Phi) is 8.06. The average Bonchev–Trinajstić information content (AvgIpc) is 2.95. The molecule has 2 aliphatic rings. The summed E-state index contributed by atoms with van der Waals surface area (Å²) in [5, 5.41) is 0.201. The second kappa shape index (κ2) is 9.25. The summed E-state index contributed by atoms with van der Waals surface area (Å²) in [5.41, 5.74) is 0.0172. The van der Waals surface area contributed by atoms with Crippen LogP contribution in [0.3, 0.4) is 0 Å². The lowest BCUT2D eigenvalue weighted by Crippen LogP contribution is -2.55. The summed E-state index contributed by atoms with van der Waals surface area (Å²) in [6.45, 7) is 22.9. The summed E-state index contributed by atoms with van der Waals surface area (Å²) < 4.78 is 30.2. The van der Waals surface area contributed by atoms with Crippen LogP contribution in [0.15, 0.2) is 0 Å². The van der Waals surface area contributed by atoms with Crippen LogP contribution in [-0.2, 0) is 23.4 Å². The lowest BCUT2D eigenvalue weighted by atomic mass is 9.56. The monoisotopic (exact) mass is 430 g/mol. The van der Waals surface area contributed by atoms with E-state index in [1.165, 1.54) is 6.42 Å². The van der Waals surface area contributed by atoms with E-state index in [0.29, 0.717) is 37.8 Å². The molecule has 0 radical (unpaired) electrons. The molecule has 5 nitrogen and oxygen atoms in total. The van der Waals surface area contributed by atoms with E-state index in [9.17, 15) is 0 Å². The van der Waals surface area contributed by atoms with E-state index in [1.54, 1.807) is 7.11 Å². The SMILES string of the molecule is COCOC[C@@H]1CC[C@@H](C)[C@](C)(CO[Si](C)(C)C(C)(C)C)[C@H]1[C@@H]1COC(C)(C)O1. The van der Waals surface area contributed by atoms with Crippen molar-refractivity contribution in [1.82, 2.24) is 0 Å². The fourth-order valence-electron chi connectivity index (χ4n) is 4.72. The van der Waals surface area contributed by atoms with Crippen molar-refractivity contribution >= 4 is 8.32 Å². The highest BCUT2D eigenvalue weighted by molar-refractivity contribution is 6.74. The second-order valence-electron chi connectivity index (χ2n) is 11.5. The summed E-state index contributed by atoms with van der Waals surface area (Å²) >= 11 is 0. The Morgan fingerprint density at radius 1 is 1.10 bits per heavy atom. The molecule has 1 aliphatic carbocycles. The van der Waals surface area contributed by atoms with Gasteiger partial charge in [0.2, 0.25) is 0 Å². The first-order valence-electron chi connectivity index (χ1n) is 11.3. The van der Waals surface area contributed by atoms with E-state index >= 15 is 0 Å². The molecule has 29 heavy (non-hydrogen) atoms. The maximum Gasteiger partial charge on any atom is 0.192 e. The van der Waals surface area contributed by atoms with Crippen LogP contribution in [0.25, 0.3) is 0 Å². The third kappa shape index (κ3) is 5.83. The van der Waals surface area contributed by atoms with Gasteiger partial charge in [0.15, 0.2) is 14.1 Å². The molecule has 0 spiro atoms. The van der Waals surface area contributed by atoms with Gasteiger partial charge in [-0.2, -0.15) is 0 Å². The van der Waals surface area contributed by atoms with Gasteiger partial charge in [-0.05, 0) is 62.1 Å². The van der Waals surface area contributed by atoms with Crippen LogP contribution < -0.4 is 0 Å². The quantitative estimate of drug-likeness (QED) is 0.291. The van der Waals surface area contributed by atoms with Gasteiger partial charge in [-0.15, -0.1) is 0 Å². The minimum atomic E-state index is -1.84. The van der Waals surface area contributed by atoms with Crippen molar-refractivity contribution in [2.24, 2.45) is 23.2 Å². The smallest absolute Gasteiger partial charge is 0.192 e. The zero-order chi connectivity index (χ0) is 22.1. The molecule has 6 heteroatoms. The lowest BCUT2D eigenvalue weighted by Gasteiger charge is -2.53. The average molecular weight is 431 g/mol. The molecule has 1 heterocycles. The minimum Gasteiger partial charge on any atom is -0.416 e. The normalized spacial score (nSPS) is 35.8. The van der Waals surface area contributed by atoms with E-state index in [1.807, 2.05) is 13.8 Å². The van der Waals surface area contributed by atoms with Gasteiger partial charge >= 0.3 is 0 Å². The maximum atomic E-state index is 6.80. The Morgan fingerprint density at radius 3 is 2.28 bits per heavy atom. The Bertz CT molecular complexity index is 530. The number of ether oxygens (including phenoxy) is 4. The first-order chi connectivity index (χ1) is 13.2. The van der Waals surface area contributed by atoms with Gasteiger partial charge in [0, 0.05) is 19.6 Å². The van der Waals surface area contributed by atoms with E-state index in [0.717, 1.165) is 13.0 Å². The fourth-order valence-corrected chi connectivity index (χ4v) is 5.83. The van der Waals surface area contributed by atoms with Crippen molar-refractivity contribution in [3.05, 3.63) is 0 Å². The first-order valence-corrected chi connectivity index (χ1v) is 14.2. The molecule has 0 aromatic carbocycles. The number of hydrogen-bond acceptors (Lipinski definition) is 5. The van der Waals surface area contributed by atoms with Gasteiger partial charge in [0.1, 0.15) is 6.79 Å². The van der Waals surface area contributed by atoms with Gasteiger partial charge in [-0.25, -0.2) is 0 Å². The summed E-state index contributed by atoms with van der Waals surface area (Å²) in [5.74, 6) is 0.777. The molecule has 0 aromatic heterocycles. The Hall–Kier alpha value is 0.0169. The van der Waals surface area contributed by atoms with Gasteiger partial charge < -0.3 is 23.4 Å². The van der Waals surface area contributed by atoms with Crippen molar-refractivity contribution in [2.75, 3.05) is 33.7 Å². The molecule has 2 fully saturated rings. The molecule has 0 aromatic rings. The summed E-state index contributed by atoms with van der Waals surface area (Å²) in [7, 11) is -0.165. The largest absolute Gasteiger partial charge is 0.416 e. The molecule has 5 atom stereocenters. The summed E-state index contributed by atoms with van der Waals surface area (Å²) in [4.78, 5) is 0. The molecule has 1 aliphatic heterocycles.